The molecule has 2 aromatic heterocycles. The molecule has 0 unspecified atom stereocenters. The highest BCUT2D eigenvalue weighted by atomic mass is 16.5. The predicted molar refractivity (Wildman–Crippen MR) is 99.3 cm³/mol. The van der Waals surface area contributed by atoms with Crippen molar-refractivity contribution in [1.82, 2.24) is 30.3 Å². The molecule has 1 aromatic carbocycles. The molecule has 27 heavy (non-hydrogen) atoms. The fraction of sp³-hybridized carbons (Fsp3) is 0.444. The number of carbonyl (C=O) groups is 1. The number of aromatic nitrogens is 5. The van der Waals surface area contributed by atoms with E-state index in [1.807, 2.05) is 18.2 Å². The van der Waals surface area contributed by atoms with E-state index in [0.29, 0.717) is 11.5 Å². The summed E-state index contributed by atoms with van der Waals surface area (Å²) in [6, 6.07) is 6.13. The Kier molecular flexibility index (Phi) is 4.76. The van der Waals surface area contributed by atoms with Crippen molar-refractivity contribution in [1.29, 1.82) is 0 Å². The van der Waals surface area contributed by atoms with Gasteiger partial charge in [0.1, 0.15) is 11.6 Å². The summed E-state index contributed by atoms with van der Waals surface area (Å²) < 4.78 is 6.99. The van der Waals surface area contributed by atoms with E-state index in [1.165, 1.54) is 0 Å². The number of aromatic amines is 1. The molecule has 0 atom stereocenters. The molecule has 3 aromatic rings. The molecule has 0 saturated heterocycles. The van der Waals surface area contributed by atoms with Gasteiger partial charge in [-0.05, 0) is 37.8 Å². The lowest BCUT2D eigenvalue weighted by molar-refractivity contribution is 0.0945. The van der Waals surface area contributed by atoms with E-state index in [0.717, 1.165) is 42.5 Å². The number of H-pyrrole nitrogens is 1. The first-order chi connectivity index (χ1) is 13.1. The lowest BCUT2D eigenvalue weighted by Crippen LogP contribution is -2.28. The smallest absolute Gasteiger partial charge is 0.273 e. The minimum atomic E-state index is -0.271. The third kappa shape index (κ3) is 3.77. The Balaban J connectivity index is 1.38. The topological polar surface area (TPSA) is 124 Å². The zero-order valence-corrected chi connectivity index (χ0v) is 15.2. The molecule has 9 nitrogen and oxygen atoms in total. The second-order valence-electron chi connectivity index (χ2n) is 6.90. The van der Waals surface area contributed by atoms with Crippen molar-refractivity contribution in [3.05, 3.63) is 35.9 Å². The van der Waals surface area contributed by atoms with Crippen molar-refractivity contribution in [2.75, 3.05) is 7.11 Å². The van der Waals surface area contributed by atoms with Crippen LogP contribution in [0.1, 0.15) is 48.0 Å². The van der Waals surface area contributed by atoms with Crippen LogP contribution in [0.4, 0.5) is 0 Å². The summed E-state index contributed by atoms with van der Waals surface area (Å²) in [5, 5.41) is 11.0. The first-order valence-electron chi connectivity index (χ1n) is 9.10. The lowest BCUT2D eigenvalue weighted by atomic mass is 9.92. The molecule has 4 N–H and O–H groups in total. The Morgan fingerprint density at radius 2 is 2.19 bits per heavy atom. The number of methoxy groups -OCH3 is 1. The molecule has 0 spiro atoms. The third-order valence-electron chi connectivity index (χ3n) is 5.01. The molecule has 1 aliphatic carbocycles. The number of benzene rings is 1. The van der Waals surface area contributed by atoms with Crippen molar-refractivity contribution < 1.29 is 9.53 Å². The Labute approximate surface area is 156 Å². The lowest BCUT2D eigenvalue weighted by Gasteiger charge is -2.25. The van der Waals surface area contributed by atoms with Crippen molar-refractivity contribution >= 4 is 16.9 Å². The number of nitrogens with zero attached hydrogens (tertiary/aromatic N) is 4. The zero-order valence-electron chi connectivity index (χ0n) is 15.2. The van der Waals surface area contributed by atoms with Gasteiger partial charge in [0.25, 0.3) is 5.91 Å². The Morgan fingerprint density at radius 1 is 1.37 bits per heavy atom. The normalized spacial score (nSPS) is 19.9. The van der Waals surface area contributed by atoms with Gasteiger partial charge in [0, 0.05) is 12.1 Å². The molecule has 4 rings (SSSR count). The van der Waals surface area contributed by atoms with Gasteiger partial charge in [0.15, 0.2) is 5.69 Å². The van der Waals surface area contributed by atoms with Crippen LogP contribution in [0.3, 0.4) is 0 Å². The van der Waals surface area contributed by atoms with E-state index in [1.54, 1.807) is 18.0 Å². The first-order valence-corrected chi connectivity index (χ1v) is 9.10. The number of hydrogen-bond donors (Lipinski definition) is 3. The zero-order chi connectivity index (χ0) is 18.8. The van der Waals surface area contributed by atoms with Crippen LogP contribution in [0.15, 0.2) is 24.4 Å². The Morgan fingerprint density at radius 3 is 2.96 bits per heavy atom. The van der Waals surface area contributed by atoms with Crippen molar-refractivity contribution in [2.45, 2.75) is 44.3 Å². The molecule has 9 heteroatoms. The molecule has 0 aliphatic heterocycles. The van der Waals surface area contributed by atoms with E-state index >= 15 is 0 Å². The average molecular weight is 369 g/mol. The molecular formula is C18H23N7O2. The summed E-state index contributed by atoms with van der Waals surface area (Å²) in [6.45, 7) is 0.279. The van der Waals surface area contributed by atoms with E-state index in [9.17, 15) is 4.79 Å². The van der Waals surface area contributed by atoms with E-state index in [4.69, 9.17) is 10.5 Å². The van der Waals surface area contributed by atoms with Crippen LogP contribution < -0.4 is 15.8 Å². The van der Waals surface area contributed by atoms with Gasteiger partial charge in [-0.2, -0.15) is 0 Å². The van der Waals surface area contributed by atoms with Gasteiger partial charge in [-0.25, -0.2) is 9.67 Å². The van der Waals surface area contributed by atoms with Gasteiger partial charge < -0.3 is 20.8 Å². The molecule has 0 radical (unpaired) electrons. The molecule has 142 valence electrons. The van der Waals surface area contributed by atoms with Gasteiger partial charge in [-0.3, -0.25) is 4.79 Å². The predicted octanol–water partition coefficient (Wildman–Crippen LogP) is 1.54. The summed E-state index contributed by atoms with van der Waals surface area (Å²) in [6.07, 6.45) is 5.59. The molecule has 1 saturated carbocycles. The molecule has 2 heterocycles. The maximum Gasteiger partial charge on any atom is 0.273 e. The van der Waals surface area contributed by atoms with E-state index < -0.39 is 0 Å². The fourth-order valence-electron chi connectivity index (χ4n) is 3.43. The number of rotatable bonds is 5. The second kappa shape index (κ2) is 7.36. The number of fused-ring (bicyclic) bond motifs is 1. The molecule has 1 aliphatic rings. The van der Waals surface area contributed by atoms with Gasteiger partial charge in [0.2, 0.25) is 0 Å². The van der Waals surface area contributed by atoms with E-state index in [2.05, 4.69) is 25.6 Å². The number of ether oxygens (including phenoxy) is 1. The number of amides is 1. The van der Waals surface area contributed by atoms with Gasteiger partial charge in [-0.15, -0.1) is 5.10 Å². The summed E-state index contributed by atoms with van der Waals surface area (Å²) >= 11 is 0. The van der Waals surface area contributed by atoms with Gasteiger partial charge in [-0.1, -0.05) is 5.21 Å². The number of hydrogen-bond acceptors (Lipinski definition) is 6. The van der Waals surface area contributed by atoms with Crippen LogP contribution in [-0.2, 0) is 6.54 Å². The van der Waals surface area contributed by atoms with Crippen molar-refractivity contribution in [2.24, 2.45) is 5.73 Å². The number of carbonyl (C=O) groups excluding carboxylic acids is 1. The summed E-state index contributed by atoms with van der Waals surface area (Å²) in [5.74, 6) is 1.15. The van der Waals surface area contributed by atoms with Crippen LogP contribution in [-0.4, -0.2) is 44.0 Å². The molecule has 0 bridgehead atoms. The highest BCUT2D eigenvalue weighted by Gasteiger charge is 2.22. The minimum absolute atomic E-state index is 0.268. The summed E-state index contributed by atoms with van der Waals surface area (Å²) in [7, 11) is 1.62. The van der Waals surface area contributed by atoms with Crippen molar-refractivity contribution in [3.8, 4) is 5.75 Å². The van der Waals surface area contributed by atoms with Crippen molar-refractivity contribution in [3.63, 3.8) is 0 Å². The molecule has 1 amide bonds. The quantitative estimate of drug-likeness (QED) is 0.627. The largest absolute Gasteiger partial charge is 0.497 e. The third-order valence-corrected chi connectivity index (χ3v) is 5.01. The molecule has 1 fully saturated rings. The van der Waals surface area contributed by atoms with Gasteiger partial charge >= 0.3 is 0 Å². The maximum absolute atomic E-state index is 12.4. The van der Waals surface area contributed by atoms with E-state index in [-0.39, 0.29) is 24.5 Å². The number of imidazole rings is 1. The fourth-order valence-corrected chi connectivity index (χ4v) is 3.43. The van der Waals surface area contributed by atoms with Crippen LogP contribution in [0.2, 0.25) is 0 Å². The summed E-state index contributed by atoms with van der Waals surface area (Å²) in [5.41, 5.74) is 7.93. The maximum atomic E-state index is 12.4. The van der Waals surface area contributed by atoms with Crippen LogP contribution in [0.25, 0.3) is 11.0 Å². The Hall–Kier alpha value is -2.94. The number of nitrogens with one attached hydrogen (secondary N) is 2. The average Bonchev–Trinajstić information content (AvgIpc) is 3.33. The highest BCUT2D eigenvalue weighted by Crippen LogP contribution is 2.26. The monoisotopic (exact) mass is 369 g/mol. The number of nitrogens with two attached hydrogens (primary N) is 1. The van der Waals surface area contributed by atoms with Crippen LogP contribution >= 0.6 is 0 Å². The first kappa shape index (κ1) is 17.5. The summed E-state index contributed by atoms with van der Waals surface area (Å²) in [4.78, 5) is 20.0. The minimum Gasteiger partial charge on any atom is -0.497 e. The highest BCUT2D eigenvalue weighted by molar-refractivity contribution is 5.91. The molecular weight excluding hydrogens is 346 g/mol. The van der Waals surface area contributed by atoms with Gasteiger partial charge in [0.05, 0.1) is 36.9 Å². The Bertz CT molecular complexity index is 940. The SMILES string of the molecule is COc1ccc2nc(CNC(=O)c3cn(C4CCC(N)CC4)nn3)[nH]c2c1. The van der Waals surface area contributed by atoms with Crippen LogP contribution in [0.5, 0.6) is 5.75 Å². The second-order valence-corrected chi connectivity index (χ2v) is 6.90. The standard InChI is InChI=1S/C18H23N7O2/c1-27-13-6-7-14-15(8-13)22-17(21-14)9-20-18(26)16-10-25(24-23-16)12-4-2-11(19)3-5-12/h6-8,10-12H,2-5,9,19H2,1H3,(H,20,26)(H,21,22). The van der Waals surface area contributed by atoms with Crippen LogP contribution in [0, 0.1) is 0 Å².